The van der Waals surface area contributed by atoms with Crippen LogP contribution < -0.4 is 15.4 Å². The second kappa shape index (κ2) is 7.66. The number of para-hydroxylation sites is 1. The van der Waals surface area contributed by atoms with Gasteiger partial charge in [-0.3, -0.25) is 4.98 Å². The van der Waals surface area contributed by atoms with E-state index in [4.69, 9.17) is 16.3 Å². The molecule has 1 heterocycles. The first kappa shape index (κ1) is 16.1. The molecule has 0 radical (unpaired) electrons. The number of urea groups is 1. The van der Waals surface area contributed by atoms with E-state index in [1.165, 1.54) is 0 Å². The lowest BCUT2D eigenvalue weighted by molar-refractivity contribution is 0.247. The van der Waals surface area contributed by atoms with Crippen molar-refractivity contribution >= 4 is 34.2 Å². The number of anilines is 1. The molecule has 0 aliphatic rings. The lowest BCUT2D eigenvalue weighted by atomic mass is 10.2. The highest BCUT2D eigenvalue weighted by molar-refractivity contribution is 6.30. The number of hydrogen-bond donors (Lipinski definition) is 2. The molecule has 3 rings (SSSR count). The van der Waals surface area contributed by atoms with Crippen molar-refractivity contribution in [2.45, 2.75) is 0 Å². The van der Waals surface area contributed by atoms with Crippen LogP contribution in [-0.4, -0.2) is 24.2 Å². The fourth-order valence-corrected chi connectivity index (χ4v) is 2.44. The van der Waals surface area contributed by atoms with Gasteiger partial charge in [0, 0.05) is 16.6 Å². The molecule has 0 atom stereocenters. The summed E-state index contributed by atoms with van der Waals surface area (Å²) in [6.07, 6.45) is 1.70. The number of pyridine rings is 1. The zero-order chi connectivity index (χ0) is 16.8. The third-order valence-electron chi connectivity index (χ3n) is 3.33. The van der Waals surface area contributed by atoms with E-state index in [2.05, 4.69) is 15.6 Å². The van der Waals surface area contributed by atoms with E-state index in [0.717, 1.165) is 10.9 Å². The van der Waals surface area contributed by atoms with Crippen molar-refractivity contribution in [2.24, 2.45) is 0 Å². The molecule has 0 spiro atoms. The van der Waals surface area contributed by atoms with Crippen LogP contribution in [0, 0.1) is 0 Å². The van der Waals surface area contributed by atoms with Gasteiger partial charge in [-0.15, -0.1) is 0 Å². The Morgan fingerprint density at radius 1 is 1.12 bits per heavy atom. The Morgan fingerprint density at radius 3 is 2.83 bits per heavy atom. The van der Waals surface area contributed by atoms with Gasteiger partial charge in [0.25, 0.3) is 0 Å². The van der Waals surface area contributed by atoms with Crippen molar-refractivity contribution in [2.75, 3.05) is 18.5 Å². The Morgan fingerprint density at radius 2 is 1.96 bits per heavy atom. The molecule has 1 aromatic heterocycles. The summed E-state index contributed by atoms with van der Waals surface area (Å²) < 4.78 is 5.52. The number of carbonyl (C=O) groups is 1. The average molecular weight is 342 g/mol. The predicted molar refractivity (Wildman–Crippen MR) is 95.7 cm³/mol. The van der Waals surface area contributed by atoms with E-state index in [-0.39, 0.29) is 6.03 Å². The zero-order valence-corrected chi connectivity index (χ0v) is 13.6. The van der Waals surface area contributed by atoms with Crippen LogP contribution in [0.25, 0.3) is 10.9 Å². The van der Waals surface area contributed by atoms with Crippen LogP contribution in [0.5, 0.6) is 5.75 Å². The van der Waals surface area contributed by atoms with Gasteiger partial charge in [-0.25, -0.2) is 4.79 Å². The minimum absolute atomic E-state index is 0.303. The van der Waals surface area contributed by atoms with Crippen LogP contribution in [0.3, 0.4) is 0 Å². The number of benzene rings is 2. The molecule has 0 aliphatic heterocycles. The van der Waals surface area contributed by atoms with E-state index >= 15 is 0 Å². The second-order valence-corrected chi connectivity index (χ2v) is 5.50. The molecular formula is C18H16ClN3O2. The molecule has 3 aromatic rings. The number of nitrogens with zero attached hydrogens (tertiary/aromatic N) is 1. The largest absolute Gasteiger partial charge is 0.492 e. The monoisotopic (exact) mass is 341 g/mol. The number of amides is 2. The van der Waals surface area contributed by atoms with Gasteiger partial charge in [0.05, 0.1) is 17.7 Å². The Balaban J connectivity index is 1.50. The fraction of sp³-hybridized carbons (Fsp3) is 0.111. The topological polar surface area (TPSA) is 63.2 Å². The highest BCUT2D eigenvalue weighted by Gasteiger charge is 2.05. The lowest BCUT2D eigenvalue weighted by Crippen LogP contribution is -2.32. The van der Waals surface area contributed by atoms with Gasteiger partial charge in [-0.1, -0.05) is 35.9 Å². The van der Waals surface area contributed by atoms with Crippen molar-refractivity contribution in [3.05, 3.63) is 65.8 Å². The number of halogens is 1. The average Bonchev–Trinajstić information content (AvgIpc) is 2.59. The highest BCUT2D eigenvalue weighted by Crippen LogP contribution is 2.20. The zero-order valence-electron chi connectivity index (χ0n) is 12.8. The number of rotatable bonds is 5. The van der Waals surface area contributed by atoms with Gasteiger partial charge in [0.2, 0.25) is 0 Å². The Kier molecular flexibility index (Phi) is 5.13. The summed E-state index contributed by atoms with van der Waals surface area (Å²) >= 11 is 5.88. The quantitative estimate of drug-likeness (QED) is 0.687. The van der Waals surface area contributed by atoms with Crippen molar-refractivity contribution in [1.29, 1.82) is 0 Å². The smallest absolute Gasteiger partial charge is 0.319 e. The number of hydrogen-bond acceptors (Lipinski definition) is 3. The van der Waals surface area contributed by atoms with Crippen molar-refractivity contribution in [3.8, 4) is 5.75 Å². The molecule has 0 saturated heterocycles. The molecule has 24 heavy (non-hydrogen) atoms. The summed E-state index contributed by atoms with van der Waals surface area (Å²) in [5.74, 6) is 0.669. The Hall–Kier alpha value is -2.79. The number of ether oxygens (including phenoxy) is 1. The van der Waals surface area contributed by atoms with Crippen LogP contribution in [0.15, 0.2) is 60.8 Å². The third kappa shape index (κ3) is 4.14. The first-order valence-electron chi connectivity index (χ1n) is 7.49. The molecular weight excluding hydrogens is 326 g/mol. The molecule has 5 nitrogen and oxygen atoms in total. The maximum absolute atomic E-state index is 12.0. The molecule has 2 amide bonds. The van der Waals surface area contributed by atoms with E-state index in [1.54, 1.807) is 18.3 Å². The van der Waals surface area contributed by atoms with Gasteiger partial charge in [0.15, 0.2) is 0 Å². The first-order chi connectivity index (χ1) is 11.7. The van der Waals surface area contributed by atoms with E-state index in [0.29, 0.717) is 29.6 Å². The highest BCUT2D eigenvalue weighted by atomic mass is 35.5. The summed E-state index contributed by atoms with van der Waals surface area (Å²) in [4.78, 5) is 16.3. The van der Waals surface area contributed by atoms with Crippen LogP contribution in [0.1, 0.15) is 0 Å². The fourth-order valence-electron chi connectivity index (χ4n) is 2.26. The van der Waals surface area contributed by atoms with Crippen LogP contribution in [0.4, 0.5) is 10.5 Å². The second-order valence-electron chi connectivity index (χ2n) is 5.07. The number of fused-ring (bicyclic) bond motifs is 1. The minimum Gasteiger partial charge on any atom is -0.492 e. The van der Waals surface area contributed by atoms with E-state index in [9.17, 15) is 4.79 Å². The standard InChI is InChI=1S/C18H16ClN3O2/c19-14-6-2-7-15(12-14)24-11-10-21-18(23)22-16-8-1-4-13-5-3-9-20-17(13)16/h1-9,12H,10-11H2,(H2,21,22,23). The van der Waals surface area contributed by atoms with Crippen molar-refractivity contribution in [1.82, 2.24) is 10.3 Å². The molecule has 0 aliphatic carbocycles. The van der Waals surface area contributed by atoms with Crippen molar-refractivity contribution < 1.29 is 9.53 Å². The number of nitrogens with one attached hydrogen (secondary N) is 2. The number of aromatic nitrogens is 1. The molecule has 2 N–H and O–H groups in total. The molecule has 0 saturated carbocycles. The minimum atomic E-state index is -0.303. The molecule has 0 bridgehead atoms. The van der Waals surface area contributed by atoms with Gasteiger partial charge < -0.3 is 15.4 Å². The summed E-state index contributed by atoms with van der Waals surface area (Å²) in [5.41, 5.74) is 1.42. The molecule has 6 heteroatoms. The van der Waals surface area contributed by atoms with Crippen molar-refractivity contribution in [3.63, 3.8) is 0 Å². The molecule has 122 valence electrons. The molecule has 2 aromatic carbocycles. The van der Waals surface area contributed by atoms with Gasteiger partial charge >= 0.3 is 6.03 Å². The van der Waals surface area contributed by atoms with E-state index in [1.807, 2.05) is 42.5 Å². The predicted octanol–water partition coefficient (Wildman–Crippen LogP) is 4.09. The van der Waals surface area contributed by atoms with E-state index < -0.39 is 0 Å². The number of carbonyl (C=O) groups excluding carboxylic acids is 1. The maximum Gasteiger partial charge on any atom is 0.319 e. The maximum atomic E-state index is 12.0. The normalized spacial score (nSPS) is 10.4. The lowest BCUT2D eigenvalue weighted by Gasteiger charge is -2.10. The summed E-state index contributed by atoms with van der Waals surface area (Å²) in [7, 11) is 0. The molecule has 0 fully saturated rings. The summed E-state index contributed by atoms with van der Waals surface area (Å²) in [5, 5.41) is 7.13. The third-order valence-corrected chi connectivity index (χ3v) is 3.57. The van der Waals surface area contributed by atoms with Gasteiger partial charge in [-0.05, 0) is 30.3 Å². The first-order valence-corrected chi connectivity index (χ1v) is 7.87. The SMILES string of the molecule is O=C(NCCOc1cccc(Cl)c1)Nc1cccc2cccnc12. The van der Waals surface area contributed by atoms with Gasteiger partial charge in [-0.2, -0.15) is 0 Å². The van der Waals surface area contributed by atoms with Crippen LogP contribution >= 0.6 is 11.6 Å². The van der Waals surface area contributed by atoms with Crippen LogP contribution in [0.2, 0.25) is 5.02 Å². The summed E-state index contributed by atoms with van der Waals surface area (Å²) in [6, 6.07) is 16.3. The summed E-state index contributed by atoms with van der Waals surface area (Å²) in [6.45, 7) is 0.720. The Labute approximate surface area is 144 Å². The molecule has 0 unspecified atom stereocenters. The van der Waals surface area contributed by atoms with Crippen LogP contribution in [-0.2, 0) is 0 Å². The van der Waals surface area contributed by atoms with Gasteiger partial charge in [0.1, 0.15) is 12.4 Å². The Bertz CT molecular complexity index is 849.